The molecule has 7 heteroatoms. The lowest BCUT2D eigenvalue weighted by Crippen LogP contribution is -2.32. The van der Waals surface area contributed by atoms with Crippen molar-refractivity contribution in [1.82, 2.24) is 5.43 Å². The van der Waals surface area contributed by atoms with Gasteiger partial charge in [0.15, 0.2) is 0 Å². The smallest absolute Gasteiger partial charge is 0.329 e. The maximum atomic E-state index is 11.8. The zero-order chi connectivity index (χ0) is 17.7. The van der Waals surface area contributed by atoms with Crippen molar-refractivity contribution in [3.05, 3.63) is 58.6 Å². The zero-order valence-electron chi connectivity index (χ0n) is 13.1. The number of nitrogens with zero attached hydrogens (tertiary/aromatic N) is 1. The first-order valence-corrected chi connectivity index (χ1v) is 7.46. The molecule has 2 aromatic carbocycles. The number of amides is 2. The number of rotatable bonds is 3. The van der Waals surface area contributed by atoms with E-state index in [0.717, 1.165) is 5.56 Å². The van der Waals surface area contributed by atoms with E-state index < -0.39 is 11.8 Å². The van der Waals surface area contributed by atoms with Crippen LogP contribution in [0.15, 0.2) is 47.6 Å². The van der Waals surface area contributed by atoms with Crippen LogP contribution in [0.25, 0.3) is 0 Å². The normalized spacial score (nSPS) is 11.0. The minimum atomic E-state index is -0.898. The van der Waals surface area contributed by atoms with Crippen LogP contribution in [-0.2, 0) is 9.59 Å². The molecule has 0 fully saturated rings. The summed E-state index contributed by atoms with van der Waals surface area (Å²) >= 11 is 5.97. The minimum absolute atomic E-state index is 0.131. The molecule has 2 rings (SSSR count). The molecule has 0 aliphatic heterocycles. The summed E-state index contributed by atoms with van der Waals surface area (Å²) in [4.78, 5) is 23.6. The molecule has 0 saturated heterocycles. The first kappa shape index (κ1) is 17.5. The molecule has 6 nitrogen and oxygen atoms in total. The number of benzene rings is 2. The van der Waals surface area contributed by atoms with Crippen LogP contribution in [0.3, 0.4) is 0 Å². The number of anilines is 1. The average Bonchev–Trinajstić information content (AvgIpc) is 2.56. The summed E-state index contributed by atoms with van der Waals surface area (Å²) in [6.07, 6.45) is 0. The van der Waals surface area contributed by atoms with Crippen molar-refractivity contribution in [1.29, 1.82) is 0 Å². The Morgan fingerprint density at radius 2 is 1.75 bits per heavy atom. The first-order valence-electron chi connectivity index (χ1n) is 7.08. The fraction of sp³-hybridized carbons (Fsp3) is 0.118. The molecular formula is C17H16ClN3O3. The van der Waals surface area contributed by atoms with Crippen LogP contribution in [0.1, 0.15) is 18.1 Å². The van der Waals surface area contributed by atoms with Crippen molar-refractivity contribution in [2.24, 2.45) is 5.10 Å². The highest BCUT2D eigenvalue weighted by atomic mass is 35.5. The highest BCUT2D eigenvalue weighted by Crippen LogP contribution is 2.19. The van der Waals surface area contributed by atoms with E-state index in [2.05, 4.69) is 15.8 Å². The van der Waals surface area contributed by atoms with Crippen LogP contribution in [0.4, 0.5) is 5.69 Å². The van der Waals surface area contributed by atoms with Crippen LogP contribution in [0, 0.1) is 6.92 Å². The van der Waals surface area contributed by atoms with E-state index in [-0.39, 0.29) is 5.75 Å². The van der Waals surface area contributed by atoms with E-state index in [9.17, 15) is 14.7 Å². The Hall–Kier alpha value is -2.86. The van der Waals surface area contributed by atoms with Gasteiger partial charge in [-0.05, 0) is 61.4 Å². The second kappa shape index (κ2) is 7.61. The quantitative estimate of drug-likeness (QED) is 0.454. The molecule has 0 saturated carbocycles. The number of halogens is 1. The molecule has 0 aliphatic rings. The highest BCUT2D eigenvalue weighted by molar-refractivity contribution is 6.40. The van der Waals surface area contributed by atoms with Gasteiger partial charge in [-0.1, -0.05) is 17.7 Å². The Kier molecular flexibility index (Phi) is 5.55. The zero-order valence-corrected chi connectivity index (χ0v) is 13.9. The number of aromatic hydroxyl groups is 1. The van der Waals surface area contributed by atoms with Crippen LogP contribution >= 0.6 is 11.6 Å². The molecule has 124 valence electrons. The number of hydrogen-bond acceptors (Lipinski definition) is 4. The monoisotopic (exact) mass is 345 g/mol. The van der Waals surface area contributed by atoms with Crippen LogP contribution < -0.4 is 10.7 Å². The molecule has 24 heavy (non-hydrogen) atoms. The lowest BCUT2D eigenvalue weighted by atomic mass is 10.1. The highest BCUT2D eigenvalue weighted by Gasteiger charge is 2.13. The molecular weight excluding hydrogens is 330 g/mol. The Morgan fingerprint density at radius 3 is 2.38 bits per heavy atom. The number of carbonyl (C=O) groups is 2. The van der Waals surface area contributed by atoms with Gasteiger partial charge in [-0.25, -0.2) is 5.43 Å². The maximum absolute atomic E-state index is 11.8. The van der Waals surface area contributed by atoms with Crippen molar-refractivity contribution in [3.8, 4) is 5.75 Å². The summed E-state index contributed by atoms with van der Waals surface area (Å²) in [5, 5.41) is 16.0. The molecule has 0 aliphatic carbocycles. The molecule has 2 amide bonds. The predicted molar refractivity (Wildman–Crippen MR) is 93.3 cm³/mol. The predicted octanol–water partition coefficient (Wildman–Crippen LogP) is 2.83. The van der Waals surface area contributed by atoms with E-state index >= 15 is 0 Å². The number of phenols is 1. The molecule has 0 radical (unpaired) electrons. The van der Waals surface area contributed by atoms with Gasteiger partial charge in [0.05, 0.1) is 5.71 Å². The number of phenolic OH excluding ortho intramolecular Hbond substituents is 1. The largest absolute Gasteiger partial charge is 0.508 e. The van der Waals surface area contributed by atoms with E-state index in [1.165, 1.54) is 12.1 Å². The van der Waals surface area contributed by atoms with Gasteiger partial charge >= 0.3 is 11.8 Å². The second-order valence-corrected chi connectivity index (χ2v) is 5.51. The number of aryl methyl sites for hydroxylation is 1. The Balaban J connectivity index is 1.98. The number of nitrogens with one attached hydrogen (secondary N) is 2. The minimum Gasteiger partial charge on any atom is -0.508 e. The van der Waals surface area contributed by atoms with Gasteiger partial charge in [0.1, 0.15) is 5.75 Å². The van der Waals surface area contributed by atoms with Crippen LogP contribution in [-0.4, -0.2) is 22.6 Å². The second-order valence-electron chi connectivity index (χ2n) is 5.10. The van der Waals surface area contributed by atoms with Gasteiger partial charge in [0, 0.05) is 10.7 Å². The molecule has 0 aromatic heterocycles. The summed E-state index contributed by atoms with van der Waals surface area (Å²) in [7, 11) is 0. The Bertz CT molecular complexity index is 801. The summed E-state index contributed by atoms with van der Waals surface area (Å²) in [5.41, 5.74) is 4.68. The van der Waals surface area contributed by atoms with Crippen molar-refractivity contribution in [3.63, 3.8) is 0 Å². The van der Waals surface area contributed by atoms with Crippen LogP contribution in [0.5, 0.6) is 5.75 Å². The van der Waals surface area contributed by atoms with E-state index in [4.69, 9.17) is 11.6 Å². The third kappa shape index (κ3) is 4.57. The molecule has 0 atom stereocenters. The summed E-state index contributed by atoms with van der Waals surface area (Å²) < 4.78 is 0. The molecule has 3 N–H and O–H groups in total. The number of carbonyl (C=O) groups excluding carboxylic acids is 2. The van der Waals surface area contributed by atoms with Gasteiger partial charge < -0.3 is 10.4 Å². The Labute approximate surface area is 144 Å². The summed E-state index contributed by atoms with van der Waals surface area (Å²) in [6.45, 7) is 3.51. The van der Waals surface area contributed by atoms with Gasteiger partial charge in [0.25, 0.3) is 0 Å². The number of hydrazone groups is 1. The molecule has 2 aromatic rings. The fourth-order valence-corrected chi connectivity index (χ4v) is 1.99. The average molecular weight is 346 g/mol. The van der Waals surface area contributed by atoms with Gasteiger partial charge in [-0.2, -0.15) is 5.10 Å². The third-order valence-electron chi connectivity index (χ3n) is 3.25. The van der Waals surface area contributed by atoms with Crippen molar-refractivity contribution < 1.29 is 14.7 Å². The molecule has 0 unspecified atom stereocenters. The number of hydrogen-bond donors (Lipinski definition) is 3. The van der Waals surface area contributed by atoms with Crippen molar-refractivity contribution in [2.45, 2.75) is 13.8 Å². The fourth-order valence-electron chi connectivity index (χ4n) is 1.81. The molecule has 0 spiro atoms. The third-order valence-corrected chi connectivity index (χ3v) is 3.65. The topological polar surface area (TPSA) is 90.8 Å². The van der Waals surface area contributed by atoms with E-state index in [1.54, 1.807) is 37.3 Å². The standard InChI is InChI=1S/C17H16ClN3O3/c1-10-3-6-13(9-15(10)18)19-16(23)17(24)21-20-11(2)12-4-7-14(22)8-5-12/h3-9,22H,1-2H3,(H,19,23)(H,21,24)/b20-11+. The summed E-state index contributed by atoms with van der Waals surface area (Å²) in [5.74, 6) is -1.62. The first-order chi connectivity index (χ1) is 11.4. The molecule has 0 bridgehead atoms. The van der Waals surface area contributed by atoms with E-state index in [1.807, 2.05) is 6.92 Å². The van der Waals surface area contributed by atoms with Crippen LogP contribution in [0.2, 0.25) is 5.02 Å². The lowest BCUT2D eigenvalue weighted by molar-refractivity contribution is -0.136. The molecule has 0 heterocycles. The van der Waals surface area contributed by atoms with Gasteiger partial charge in [-0.3, -0.25) is 9.59 Å². The lowest BCUT2D eigenvalue weighted by Gasteiger charge is -2.06. The van der Waals surface area contributed by atoms with Crippen molar-refractivity contribution in [2.75, 3.05) is 5.32 Å². The SMILES string of the molecule is C/C(=N\NC(=O)C(=O)Nc1ccc(C)c(Cl)c1)c1ccc(O)cc1. The van der Waals surface area contributed by atoms with Gasteiger partial charge in [0.2, 0.25) is 0 Å². The van der Waals surface area contributed by atoms with Gasteiger partial charge in [-0.15, -0.1) is 0 Å². The Morgan fingerprint density at radius 1 is 1.08 bits per heavy atom. The van der Waals surface area contributed by atoms with E-state index in [0.29, 0.717) is 22.0 Å². The summed E-state index contributed by atoms with van der Waals surface area (Å²) in [6, 6.07) is 11.3. The van der Waals surface area contributed by atoms with Crippen molar-refractivity contribution >= 4 is 34.8 Å². The maximum Gasteiger partial charge on any atom is 0.329 e.